The van der Waals surface area contributed by atoms with Crippen LogP contribution in [0.2, 0.25) is 0 Å². The Hall–Kier alpha value is -2.32. The third-order valence-electron chi connectivity index (χ3n) is 4.72. The van der Waals surface area contributed by atoms with Gasteiger partial charge in [0.25, 0.3) is 5.91 Å². The van der Waals surface area contributed by atoms with E-state index in [-0.39, 0.29) is 12.0 Å². The minimum Gasteiger partial charge on any atom is -0.377 e. The van der Waals surface area contributed by atoms with Crippen LogP contribution in [0.5, 0.6) is 0 Å². The van der Waals surface area contributed by atoms with Crippen LogP contribution in [0.4, 0.5) is 0 Å². The Morgan fingerprint density at radius 3 is 3.16 bits per heavy atom. The van der Waals surface area contributed by atoms with Crippen LogP contribution < -0.4 is 0 Å². The van der Waals surface area contributed by atoms with Crippen LogP contribution in [0.15, 0.2) is 37.1 Å². The lowest BCUT2D eigenvalue weighted by molar-refractivity contribution is -0.0881. The average molecular weight is 343 g/mol. The Morgan fingerprint density at radius 2 is 2.36 bits per heavy atom. The molecule has 8 heteroatoms. The molecule has 4 heterocycles. The van der Waals surface area contributed by atoms with E-state index in [1.165, 1.54) is 6.33 Å². The molecule has 2 aliphatic rings. The number of ether oxygens (including phenoxy) is 2. The van der Waals surface area contributed by atoms with Crippen LogP contribution in [-0.2, 0) is 16.0 Å². The van der Waals surface area contributed by atoms with Crippen LogP contribution in [-0.4, -0.2) is 68.6 Å². The van der Waals surface area contributed by atoms with E-state index in [1.54, 1.807) is 34.2 Å². The lowest BCUT2D eigenvalue weighted by atomic mass is 10.00. The molecule has 2 aliphatic heterocycles. The number of aromatic nitrogens is 4. The quantitative estimate of drug-likeness (QED) is 0.818. The van der Waals surface area contributed by atoms with Crippen molar-refractivity contribution < 1.29 is 14.3 Å². The molecule has 2 atom stereocenters. The van der Waals surface area contributed by atoms with E-state index in [0.29, 0.717) is 38.5 Å². The van der Waals surface area contributed by atoms with Crippen molar-refractivity contribution in [1.82, 2.24) is 24.6 Å². The maximum absolute atomic E-state index is 12.8. The smallest absolute Gasteiger partial charge is 0.272 e. The van der Waals surface area contributed by atoms with Gasteiger partial charge in [-0.1, -0.05) is 6.07 Å². The molecule has 0 N–H and O–H groups in total. The fraction of sp³-hybridized carbons (Fsp3) is 0.529. The van der Waals surface area contributed by atoms with Crippen molar-refractivity contribution >= 4 is 5.91 Å². The van der Waals surface area contributed by atoms with Crippen molar-refractivity contribution in [2.24, 2.45) is 0 Å². The van der Waals surface area contributed by atoms with E-state index in [9.17, 15) is 4.79 Å². The van der Waals surface area contributed by atoms with Crippen molar-refractivity contribution in [2.45, 2.75) is 31.1 Å². The van der Waals surface area contributed by atoms with E-state index in [2.05, 4.69) is 15.1 Å². The summed E-state index contributed by atoms with van der Waals surface area (Å²) in [6.07, 6.45) is 6.67. The van der Waals surface area contributed by atoms with Gasteiger partial charge in [-0.05, 0) is 25.0 Å². The molecule has 1 amide bonds. The zero-order valence-electron chi connectivity index (χ0n) is 14.0. The van der Waals surface area contributed by atoms with Gasteiger partial charge in [0.1, 0.15) is 23.9 Å². The summed E-state index contributed by atoms with van der Waals surface area (Å²) in [7, 11) is 0. The standard InChI is InChI=1S/C17H21N5O3/c23-16(15-3-1-2-6-19-15)21-7-8-24-11-17(10-21)5-4-14(25-17)9-22-13-18-12-20-22/h1-3,6,12-14H,4-5,7-11H2. The van der Waals surface area contributed by atoms with E-state index < -0.39 is 5.60 Å². The first-order chi connectivity index (χ1) is 12.2. The Bertz CT molecular complexity index is 708. The van der Waals surface area contributed by atoms with Gasteiger partial charge in [0.2, 0.25) is 0 Å². The van der Waals surface area contributed by atoms with Gasteiger partial charge in [-0.25, -0.2) is 4.98 Å². The Morgan fingerprint density at radius 1 is 1.40 bits per heavy atom. The van der Waals surface area contributed by atoms with Crippen molar-refractivity contribution in [3.63, 3.8) is 0 Å². The second-order valence-electron chi connectivity index (χ2n) is 6.57. The molecular weight excluding hydrogens is 322 g/mol. The van der Waals surface area contributed by atoms with Crippen molar-refractivity contribution in [2.75, 3.05) is 26.3 Å². The van der Waals surface area contributed by atoms with Gasteiger partial charge >= 0.3 is 0 Å². The van der Waals surface area contributed by atoms with Gasteiger partial charge in [-0.2, -0.15) is 5.10 Å². The van der Waals surface area contributed by atoms with Gasteiger partial charge in [-0.15, -0.1) is 0 Å². The summed E-state index contributed by atoms with van der Waals surface area (Å²) in [5, 5.41) is 4.14. The van der Waals surface area contributed by atoms with Crippen LogP contribution in [0.3, 0.4) is 0 Å². The molecule has 2 saturated heterocycles. The molecule has 0 radical (unpaired) electrons. The molecule has 2 fully saturated rings. The van der Waals surface area contributed by atoms with Crippen molar-refractivity contribution in [1.29, 1.82) is 0 Å². The highest BCUT2D eigenvalue weighted by Crippen LogP contribution is 2.33. The zero-order chi connectivity index (χ0) is 17.1. The molecule has 0 saturated carbocycles. The molecule has 132 valence electrons. The SMILES string of the molecule is O=C(c1ccccn1)N1CCOCC2(CCC(Cn3cncn3)O2)C1. The zero-order valence-corrected chi connectivity index (χ0v) is 14.0. The van der Waals surface area contributed by atoms with E-state index in [0.717, 1.165) is 12.8 Å². The largest absolute Gasteiger partial charge is 0.377 e. The second-order valence-corrected chi connectivity index (χ2v) is 6.57. The Labute approximate surface area is 145 Å². The third kappa shape index (κ3) is 3.54. The molecule has 2 aromatic heterocycles. The fourth-order valence-corrected chi connectivity index (χ4v) is 3.51. The predicted molar refractivity (Wildman–Crippen MR) is 87.8 cm³/mol. The average Bonchev–Trinajstić information content (AvgIpc) is 3.23. The molecule has 0 bridgehead atoms. The summed E-state index contributed by atoms with van der Waals surface area (Å²) in [6, 6.07) is 5.37. The monoisotopic (exact) mass is 343 g/mol. The molecule has 1 spiro atoms. The van der Waals surface area contributed by atoms with Gasteiger partial charge in [-0.3, -0.25) is 14.5 Å². The molecule has 4 rings (SSSR count). The minimum atomic E-state index is -0.452. The fourth-order valence-electron chi connectivity index (χ4n) is 3.51. The van der Waals surface area contributed by atoms with Crippen LogP contribution in [0.1, 0.15) is 23.3 Å². The molecule has 25 heavy (non-hydrogen) atoms. The third-order valence-corrected chi connectivity index (χ3v) is 4.72. The molecule has 0 aliphatic carbocycles. The Balaban J connectivity index is 1.46. The first kappa shape index (κ1) is 16.2. The normalized spacial score (nSPS) is 26.7. The lowest BCUT2D eigenvalue weighted by Gasteiger charge is -2.31. The number of pyridine rings is 1. The van der Waals surface area contributed by atoms with Gasteiger partial charge in [0.05, 0.1) is 32.4 Å². The molecule has 0 aromatic carbocycles. The summed E-state index contributed by atoms with van der Waals surface area (Å²) >= 11 is 0. The first-order valence-electron chi connectivity index (χ1n) is 8.52. The van der Waals surface area contributed by atoms with Crippen molar-refractivity contribution in [3.05, 3.63) is 42.7 Å². The highest BCUT2D eigenvalue weighted by atomic mass is 16.6. The van der Waals surface area contributed by atoms with Gasteiger partial charge < -0.3 is 14.4 Å². The number of rotatable bonds is 3. The maximum Gasteiger partial charge on any atom is 0.272 e. The van der Waals surface area contributed by atoms with Crippen LogP contribution >= 0.6 is 0 Å². The summed E-state index contributed by atoms with van der Waals surface area (Å²) in [5.74, 6) is -0.0752. The lowest BCUT2D eigenvalue weighted by Crippen LogP contribution is -2.47. The van der Waals surface area contributed by atoms with E-state index >= 15 is 0 Å². The topological polar surface area (TPSA) is 82.4 Å². The van der Waals surface area contributed by atoms with Gasteiger partial charge in [0.15, 0.2) is 0 Å². The maximum atomic E-state index is 12.8. The highest BCUT2D eigenvalue weighted by molar-refractivity contribution is 5.92. The van der Waals surface area contributed by atoms with Crippen LogP contribution in [0, 0.1) is 0 Å². The minimum absolute atomic E-state index is 0.0511. The summed E-state index contributed by atoms with van der Waals surface area (Å²) in [4.78, 5) is 22.7. The molecule has 2 unspecified atom stereocenters. The second kappa shape index (κ2) is 6.89. The molecular formula is C17H21N5O3. The molecule has 8 nitrogen and oxygen atoms in total. The summed E-state index contributed by atoms with van der Waals surface area (Å²) in [6.45, 7) is 2.75. The number of hydrogen-bond donors (Lipinski definition) is 0. The summed E-state index contributed by atoms with van der Waals surface area (Å²) in [5.41, 5.74) is 0.00310. The Kier molecular flexibility index (Phi) is 4.46. The van der Waals surface area contributed by atoms with E-state index in [1.807, 2.05) is 6.07 Å². The first-order valence-corrected chi connectivity index (χ1v) is 8.52. The number of carbonyl (C=O) groups excluding carboxylic acids is 1. The highest BCUT2D eigenvalue weighted by Gasteiger charge is 2.44. The van der Waals surface area contributed by atoms with Crippen molar-refractivity contribution in [3.8, 4) is 0 Å². The van der Waals surface area contributed by atoms with E-state index in [4.69, 9.17) is 9.47 Å². The predicted octanol–water partition coefficient (Wildman–Crippen LogP) is 0.763. The van der Waals surface area contributed by atoms with Crippen LogP contribution in [0.25, 0.3) is 0 Å². The number of carbonyl (C=O) groups is 1. The molecule has 2 aromatic rings. The van der Waals surface area contributed by atoms with Gasteiger partial charge in [0, 0.05) is 12.7 Å². The summed E-state index contributed by atoms with van der Waals surface area (Å²) < 4.78 is 13.9. The number of amides is 1. The number of hydrogen-bond acceptors (Lipinski definition) is 6. The number of nitrogens with zero attached hydrogens (tertiary/aromatic N) is 5.